The summed E-state index contributed by atoms with van der Waals surface area (Å²) in [6.45, 7) is 5.61. The van der Waals surface area contributed by atoms with Crippen LogP contribution in [0, 0.1) is 6.92 Å². The number of amides is 2. The number of ether oxygens (including phenoxy) is 1. The van der Waals surface area contributed by atoms with Crippen molar-refractivity contribution in [1.29, 1.82) is 0 Å². The van der Waals surface area contributed by atoms with E-state index < -0.39 is 11.0 Å². The number of phenolic OH excluding ortho intramolecular Hbond substituents is 1. The topological polar surface area (TPSA) is 113 Å². The van der Waals surface area contributed by atoms with E-state index in [1.807, 2.05) is 26.8 Å². The van der Waals surface area contributed by atoms with Crippen molar-refractivity contribution in [3.8, 4) is 21.9 Å². The van der Waals surface area contributed by atoms with Gasteiger partial charge in [-0.05, 0) is 68.8 Å². The van der Waals surface area contributed by atoms with Crippen LogP contribution in [0.4, 0.5) is 15.6 Å². The molecule has 10 heteroatoms. The summed E-state index contributed by atoms with van der Waals surface area (Å²) in [7, 11) is -0.0869. The lowest BCUT2D eigenvalue weighted by Gasteiger charge is -2.12. The summed E-state index contributed by atoms with van der Waals surface area (Å²) in [6, 6.07) is 11.4. The Balaban J connectivity index is 1.87. The SMILES string of the molecule is COc1ccc(-c2sc(NC(=O)NC(C)C)nc2C)cc1S(=O)Nc1ccc(O)cc1. The van der Waals surface area contributed by atoms with E-state index in [9.17, 15) is 14.1 Å². The van der Waals surface area contributed by atoms with Crippen molar-refractivity contribution in [2.24, 2.45) is 0 Å². The summed E-state index contributed by atoms with van der Waals surface area (Å²) < 4.78 is 21.3. The molecule has 0 spiro atoms. The fraction of sp³-hybridized carbons (Fsp3) is 0.238. The minimum absolute atomic E-state index is 0.0146. The summed E-state index contributed by atoms with van der Waals surface area (Å²) >= 11 is 1.34. The van der Waals surface area contributed by atoms with E-state index in [-0.39, 0.29) is 17.8 Å². The van der Waals surface area contributed by atoms with Gasteiger partial charge in [0.15, 0.2) is 16.1 Å². The van der Waals surface area contributed by atoms with Crippen LogP contribution in [0.2, 0.25) is 0 Å². The number of methoxy groups -OCH3 is 1. The molecule has 1 unspecified atom stereocenters. The number of thiazole rings is 1. The molecule has 0 radical (unpaired) electrons. The van der Waals surface area contributed by atoms with Crippen molar-refractivity contribution in [2.75, 3.05) is 17.1 Å². The van der Waals surface area contributed by atoms with Crippen LogP contribution in [0.25, 0.3) is 10.4 Å². The minimum Gasteiger partial charge on any atom is -0.508 e. The molecule has 1 aromatic heterocycles. The van der Waals surface area contributed by atoms with Gasteiger partial charge in [0.25, 0.3) is 0 Å². The third-order valence-electron chi connectivity index (χ3n) is 4.14. The van der Waals surface area contributed by atoms with Crippen molar-refractivity contribution in [2.45, 2.75) is 31.7 Å². The number of benzene rings is 2. The molecule has 0 saturated heterocycles. The standard InChI is InChI=1S/C21H24N4O4S2/c1-12(2)22-20(27)24-21-23-13(3)19(30-21)14-5-10-17(29-4)18(11-14)31(28)25-15-6-8-16(26)9-7-15/h5-12,25-26H,1-4H3,(H2,22,23,24,27). The Morgan fingerprint density at radius 2 is 1.90 bits per heavy atom. The Hall–Kier alpha value is -3.11. The predicted molar refractivity (Wildman–Crippen MR) is 124 cm³/mol. The quantitative estimate of drug-likeness (QED) is 0.388. The maximum absolute atomic E-state index is 13.0. The van der Waals surface area contributed by atoms with Gasteiger partial charge in [-0.1, -0.05) is 11.3 Å². The molecule has 31 heavy (non-hydrogen) atoms. The van der Waals surface area contributed by atoms with E-state index in [2.05, 4.69) is 20.3 Å². The van der Waals surface area contributed by atoms with Gasteiger partial charge in [-0.3, -0.25) is 5.32 Å². The summed E-state index contributed by atoms with van der Waals surface area (Å²) in [5, 5.41) is 15.4. The second kappa shape index (κ2) is 9.80. The number of hydrogen-bond acceptors (Lipinski definition) is 6. The molecule has 3 rings (SSSR count). The maximum atomic E-state index is 13.0. The van der Waals surface area contributed by atoms with E-state index in [1.165, 1.54) is 30.6 Å². The highest BCUT2D eigenvalue weighted by Crippen LogP contribution is 2.36. The van der Waals surface area contributed by atoms with Gasteiger partial charge in [-0.25, -0.2) is 14.0 Å². The summed E-state index contributed by atoms with van der Waals surface area (Å²) in [6.07, 6.45) is 0. The van der Waals surface area contributed by atoms with Crippen LogP contribution in [-0.2, 0) is 11.0 Å². The maximum Gasteiger partial charge on any atom is 0.321 e. The van der Waals surface area contributed by atoms with Gasteiger partial charge in [0.1, 0.15) is 16.4 Å². The monoisotopic (exact) mass is 460 g/mol. The molecule has 2 aromatic carbocycles. The number of urea groups is 1. The largest absolute Gasteiger partial charge is 0.508 e. The minimum atomic E-state index is -1.60. The number of phenols is 1. The van der Waals surface area contributed by atoms with Crippen LogP contribution < -0.4 is 20.1 Å². The molecule has 0 aliphatic rings. The molecule has 0 saturated carbocycles. The molecule has 0 aliphatic carbocycles. The first-order chi connectivity index (χ1) is 14.8. The molecule has 164 valence electrons. The normalized spacial score (nSPS) is 11.8. The Morgan fingerprint density at radius 3 is 2.55 bits per heavy atom. The molecule has 4 N–H and O–H groups in total. The van der Waals surface area contributed by atoms with E-state index in [1.54, 1.807) is 24.3 Å². The zero-order valence-corrected chi connectivity index (χ0v) is 19.2. The van der Waals surface area contributed by atoms with Crippen molar-refractivity contribution in [1.82, 2.24) is 10.3 Å². The first-order valence-electron chi connectivity index (χ1n) is 9.47. The predicted octanol–water partition coefficient (Wildman–Crippen LogP) is 4.50. The van der Waals surface area contributed by atoms with Gasteiger partial charge in [-0.15, -0.1) is 0 Å². The number of aromatic hydroxyl groups is 1. The van der Waals surface area contributed by atoms with E-state index >= 15 is 0 Å². The average molecular weight is 461 g/mol. The molecular weight excluding hydrogens is 436 g/mol. The smallest absolute Gasteiger partial charge is 0.321 e. The number of carbonyl (C=O) groups excluding carboxylic acids is 1. The fourth-order valence-corrected chi connectivity index (χ4v) is 4.75. The van der Waals surface area contributed by atoms with Crippen LogP contribution >= 0.6 is 11.3 Å². The number of nitrogens with zero attached hydrogens (tertiary/aromatic N) is 1. The van der Waals surface area contributed by atoms with Crippen molar-refractivity contribution < 1.29 is 18.8 Å². The number of hydrogen-bond donors (Lipinski definition) is 4. The van der Waals surface area contributed by atoms with Gasteiger partial charge in [0.2, 0.25) is 0 Å². The van der Waals surface area contributed by atoms with E-state index in [0.717, 1.165) is 16.1 Å². The zero-order chi connectivity index (χ0) is 22.5. The Labute approximate surface area is 187 Å². The lowest BCUT2D eigenvalue weighted by molar-refractivity contribution is 0.250. The molecule has 1 atom stereocenters. The molecule has 2 amide bonds. The van der Waals surface area contributed by atoms with Crippen LogP contribution in [0.15, 0.2) is 47.4 Å². The first kappa shape index (κ1) is 22.6. The Kier molecular flexibility index (Phi) is 7.13. The van der Waals surface area contributed by atoms with E-state index in [0.29, 0.717) is 21.5 Å². The average Bonchev–Trinajstić information content (AvgIpc) is 3.08. The second-order valence-corrected chi connectivity index (χ2v) is 9.15. The zero-order valence-electron chi connectivity index (χ0n) is 17.6. The number of nitrogens with one attached hydrogen (secondary N) is 3. The lowest BCUT2D eigenvalue weighted by atomic mass is 10.1. The van der Waals surface area contributed by atoms with Crippen LogP contribution in [0.1, 0.15) is 19.5 Å². The van der Waals surface area contributed by atoms with Crippen molar-refractivity contribution in [3.63, 3.8) is 0 Å². The third kappa shape index (κ3) is 5.74. The molecule has 0 bridgehead atoms. The van der Waals surface area contributed by atoms with Gasteiger partial charge in [0.05, 0.1) is 17.7 Å². The molecule has 0 aliphatic heterocycles. The highest BCUT2D eigenvalue weighted by atomic mass is 32.2. The van der Waals surface area contributed by atoms with Crippen molar-refractivity contribution >= 4 is 39.2 Å². The van der Waals surface area contributed by atoms with Crippen LogP contribution in [0.3, 0.4) is 0 Å². The van der Waals surface area contributed by atoms with Gasteiger partial charge in [0, 0.05) is 11.7 Å². The fourth-order valence-electron chi connectivity index (χ4n) is 2.77. The molecular formula is C21H24N4O4S2. The molecule has 1 heterocycles. The molecule has 0 fully saturated rings. The summed E-state index contributed by atoms with van der Waals surface area (Å²) in [5.41, 5.74) is 2.16. The third-order valence-corrected chi connectivity index (χ3v) is 6.40. The summed E-state index contributed by atoms with van der Waals surface area (Å²) in [5.74, 6) is 0.605. The van der Waals surface area contributed by atoms with Gasteiger partial charge in [-0.2, -0.15) is 0 Å². The number of anilines is 2. The number of carbonyl (C=O) groups is 1. The second-order valence-electron chi connectivity index (χ2n) is 6.97. The lowest BCUT2D eigenvalue weighted by Crippen LogP contribution is -2.34. The number of aromatic nitrogens is 1. The van der Waals surface area contributed by atoms with Crippen LogP contribution in [0.5, 0.6) is 11.5 Å². The van der Waals surface area contributed by atoms with Crippen LogP contribution in [-0.4, -0.2) is 33.5 Å². The highest BCUT2D eigenvalue weighted by Gasteiger charge is 2.17. The number of rotatable bonds is 7. The van der Waals surface area contributed by atoms with Gasteiger partial charge < -0.3 is 19.9 Å². The Bertz CT molecular complexity index is 1100. The molecule has 3 aromatic rings. The summed E-state index contributed by atoms with van der Waals surface area (Å²) in [4.78, 5) is 17.7. The first-order valence-corrected chi connectivity index (χ1v) is 11.4. The Morgan fingerprint density at radius 1 is 1.19 bits per heavy atom. The molecule has 8 nitrogen and oxygen atoms in total. The number of aryl methyl sites for hydroxylation is 1. The highest BCUT2D eigenvalue weighted by molar-refractivity contribution is 7.86. The van der Waals surface area contributed by atoms with E-state index in [4.69, 9.17) is 4.74 Å². The van der Waals surface area contributed by atoms with Gasteiger partial charge >= 0.3 is 6.03 Å². The van der Waals surface area contributed by atoms with Crippen molar-refractivity contribution in [3.05, 3.63) is 48.2 Å².